The van der Waals surface area contributed by atoms with Crippen molar-refractivity contribution in [2.75, 3.05) is 0 Å². The van der Waals surface area contributed by atoms with Crippen LogP contribution >= 0.6 is 0 Å². The molecule has 4 aliphatic carbocycles. The van der Waals surface area contributed by atoms with Gasteiger partial charge in [0.2, 0.25) is 0 Å². The zero-order chi connectivity index (χ0) is 22.0. The quantitative estimate of drug-likeness (QED) is 0.633. The Labute approximate surface area is 184 Å². The third-order valence-electron chi connectivity index (χ3n) is 9.80. The number of Topliss-reactive ketones (excluding diaryl/α,β-unsaturated/α-hetero) is 1. The van der Waals surface area contributed by atoms with Gasteiger partial charge >= 0.3 is 0 Å². The Kier molecular flexibility index (Phi) is 5.30. The fraction of sp³-hybridized carbons (Fsp3) is 0.875. The number of hydrogen-bond donors (Lipinski definition) is 3. The Hall–Kier alpha value is -1.31. The van der Waals surface area contributed by atoms with Crippen LogP contribution in [0, 0.1) is 40.9 Å². The number of ketones is 1. The van der Waals surface area contributed by atoms with Crippen molar-refractivity contribution < 1.29 is 15.0 Å². The molecule has 0 bridgehead atoms. The van der Waals surface area contributed by atoms with Gasteiger partial charge in [-0.15, -0.1) is 5.10 Å². The first-order valence-corrected chi connectivity index (χ1v) is 12.3. The maximum absolute atomic E-state index is 13.3. The summed E-state index contributed by atoms with van der Waals surface area (Å²) in [6.07, 6.45) is 10.5. The van der Waals surface area contributed by atoms with Gasteiger partial charge in [-0.25, -0.2) is 4.68 Å². The molecule has 1 aromatic rings. The Morgan fingerprint density at radius 1 is 1.16 bits per heavy atom. The molecule has 7 nitrogen and oxygen atoms in total. The number of aromatic nitrogens is 3. The maximum atomic E-state index is 13.3. The number of rotatable bonds is 4. The molecule has 0 radical (unpaired) electrons. The molecule has 172 valence electrons. The molecule has 1 unspecified atom stereocenters. The van der Waals surface area contributed by atoms with Gasteiger partial charge in [0.15, 0.2) is 5.78 Å². The highest BCUT2D eigenvalue weighted by atomic mass is 16.3. The zero-order valence-corrected chi connectivity index (χ0v) is 18.9. The summed E-state index contributed by atoms with van der Waals surface area (Å²) < 4.78 is 1.52. The molecule has 0 aliphatic heterocycles. The van der Waals surface area contributed by atoms with E-state index in [1.54, 1.807) is 6.20 Å². The third kappa shape index (κ3) is 3.66. The van der Waals surface area contributed by atoms with Crippen LogP contribution in [-0.2, 0) is 11.3 Å². The molecule has 4 N–H and O–H groups in total. The predicted molar refractivity (Wildman–Crippen MR) is 115 cm³/mol. The lowest BCUT2D eigenvalue weighted by Crippen LogP contribution is -2.51. The zero-order valence-electron chi connectivity index (χ0n) is 18.9. The first kappa shape index (κ1) is 21.5. The van der Waals surface area contributed by atoms with Crippen molar-refractivity contribution in [3.63, 3.8) is 0 Å². The van der Waals surface area contributed by atoms with Gasteiger partial charge < -0.3 is 15.9 Å². The summed E-state index contributed by atoms with van der Waals surface area (Å²) in [6.45, 7) is 4.60. The van der Waals surface area contributed by atoms with E-state index in [0.29, 0.717) is 17.5 Å². The molecule has 1 aromatic heterocycles. The Morgan fingerprint density at radius 3 is 2.68 bits per heavy atom. The summed E-state index contributed by atoms with van der Waals surface area (Å²) in [5.74, 6) is 3.95. The summed E-state index contributed by atoms with van der Waals surface area (Å²) in [5, 5.41) is 27.9. The minimum Gasteiger partial charge on any atom is -0.390 e. The fourth-order valence-electron chi connectivity index (χ4n) is 8.41. The van der Waals surface area contributed by atoms with Gasteiger partial charge in [-0.3, -0.25) is 4.79 Å². The third-order valence-corrected chi connectivity index (χ3v) is 9.80. The monoisotopic (exact) mass is 430 g/mol. The second-order valence-electron chi connectivity index (χ2n) is 11.6. The van der Waals surface area contributed by atoms with Crippen LogP contribution in [0.4, 0.5) is 0 Å². The molecule has 4 fully saturated rings. The summed E-state index contributed by atoms with van der Waals surface area (Å²) in [6, 6.07) is 0. The Morgan fingerprint density at radius 2 is 1.94 bits per heavy atom. The van der Waals surface area contributed by atoms with Crippen LogP contribution in [0.3, 0.4) is 0 Å². The van der Waals surface area contributed by atoms with E-state index < -0.39 is 11.8 Å². The lowest BCUT2D eigenvalue weighted by atomic mass is 9.49. The highest BCUT2D eigenvalue weighted by Gasteiger charge is 2.58. The first-order chi connectivity index (χ1) is 14.7. The van der Waals surface area contributed by atoms with Crippen molar-refractivity contribution in [3.8, 4) is 0 Å². The number of carbonyl (C=O) groups excluding carboxylic acids is 1. The van der Waals surface area contributed by atoms with Crippen molar-refractivity contribution in [2.45, 2.75) is 90.0 Å². The van der Waals surface area contributed by atoms with E-state index in [2.05, 4.69) is 17.2 Å². The minimum atomic E-state index is -1.16. The number of nitrogens with zero attached hydrogens (tertiary/aromatic N) is 3. The topological polar surface area (TPSA) is 114 Å². The Bertz CT molecular complexity index is 837. The number of aliphatic hydroxyl groups is 2. The van der Waals surface area contributed by atoms with E-state index >= 15 is 0 Å². The molecule has 9 atom stereocenters. The SMILES string of the molecule is C[C@@]1(O)CC[C@H]2[C@H](CC[C@@H]3[C@@H]2CC[C@]2(C)[C@@H](C(=O)Cn4cc(C(N)O)nn4)CC[C@@H]32)C1. The molecule has 0 amide bonds. The molecule has 0 saturated heterocycles. The van der Waals surface area contributed by atoms with E-state index in [9.17, 15) is 15.0 Å². The molecule has 4 aliphatic rings. The summed E-state index contributed by atoms with van der Waals surface area (Å²) in [7, 11) is 0. The highest BCUT2D eigenvalue weighted by molar-refractivity contribution is 5.82. The first-order valence-electron chi connectivity index (χ1n) is 12.3. The lowest BCUT2D eigenvalue weighted by molar-refractivity contribution is -0.133. The number of nitrogens with two attached hydrogens (primary N) is 1. The van der Waals surface area contributed by atoms with Gasteiger partial charge in [-0.05, 0) is 99.7 Å². The smallest absolute Gasteiger partial charge is 0.157 e. The number of aliphatic hydroxyl groups excluding tert-OH is 1. The van der Waals surface area contributed by atoms with Crippen LogP contribution in [0.15, 0.2) is 6.20 Å². The summed E-state index contributed by atoms with van der Waals surface area (Å²) >= 11 is 0. The number of carbonyl (C=O) groups is 1. The van der Waals surface area contributed by atoms with Crippen LogP contribution in [0.1, 0.15) is 83.6 Å². The van der Waals surface area contributed by atoms with Gasteiger partial charge in [0.05, 0.1) is 11.8 Å². The van der Waals surface area contributed by atoms with Crippen LogP contribution in [0.25, 0.3) is 0 Å². The second-order valence-corrected chi connectivity index (χ2v) is 11.6. The van der Waals surface area contributed by atoms with Crippen molar-refractivity contribution in [1.82, 2.24) is 15.0 Å². The molecule has 5 rings (SSSR count). The van der Waals surface area contributed by atoms with Crippen molar-refractivity contribution >= 4 is 5.78 Å². The van der Waals surface area contributed by atoms with Crippen LogP contribution in [0.2, 0.25) is 0 Å². The molecule has 31 heavy (non-hydrogen) atoms. The molecular weight excluding hydrogens is 392 g/mol. The Balaban J connectivity index is 1.29. The van der Waals surface area contributed by atoms with Gasteiger partial charge in [0, 0.05) is 5.92 Å². The average Bonchev–Trinajstić information content (AvgIpc) is 3.31. The van der Waals surface area contributed by atoms with Gasteiger partial charge in [0.25, 0.3) is 0 Å². The largest absolute Gasteiger partial charge is 0.390 e. The van der Waals surface area contributed by atoms with E-state index in [1.165, 1.54) is 30.4 Å². The lowest BCUT2D eigenvalue weighted by Gasteiger charge is -2.56. The average molecular weight is 431 g/mol. The van der Waals surface area contributed by atoms with Crippen molar-refractivity contribution in [3.05, 3.63) is 11.9 Å². The van der Waals surface area contributed by atoms with E-state index in [-0.39, 0.29) is 23.7 Å². The molecular formula is C24H38N4O3. The predicted octanol–water partition coefficient (Wildman–Crippen LogP) is 2.82. The van der Waals surface area contributed by atoms with Gasteiger partial charge in [-0.1, -0.05) is 12.1 Å². The minimum absolute atomic E-state index is 0.0821. The van der Waals surface area contributed by atoms with Gasteiger partial charge in [-0.2, -0.15) is 0 Å². The second kappa shape index (κ2) is 7.63. The molecule has 7 heteroatoms. The van der Waals surface area contributed by atoms with E-state index in [0.717, 1.165) is 49.9 Å². The molecule has 4 saturated carbocycles. The summed E-state index contributed by atoms with van der Waals surface area (Å²) in [5.41, 5.74) is 5.37. The maximum Gasteiger partial charge on any atom is 0.157 e. The number of fused-ring (bicyclic) bond motifs is 5. The molecule has 1 heterocycles. The highest BCUT2D eigenvalue weighted by Crippen LogP contribution is 2.64. The van der Waals surface area contributed by atoms with Crippen LogP contribution in [-0.4, -0.2) is 36.6 Å². The van der Waals surface area contributed by atoms with Gasteiger partial charge in [0.1, 0.15) is 18.5 Å². The van der Waals surface area contributed by atoms with Crippen LogP contribution in [0.5, 0.6) is 0 Å². The fourth-order valence-corrected chi connectivity index (χ4v) is 8.41. The number of hydrogen-bond acceptors (Lipinski definition) is 6. The molecule has 0 aromatic carbocycles. The normalized spacial score (nSPS) is 45.5. The van der Waals surface area contributed by atoms with E-state index in [1.807, 2.05) is 6.92 Å². The van der Waals surface area contributed by atoms with Crippen molar-refractivity contribution in [1.29, 1.82) is 0 Å². The van der Waals surface area contributed by atoms with Crippen LogP contribution < -0.4 is 5.73 Å². The molecule has 0 spiro atoms. The standard InChI is InChI=1S/C24H38N4O3/c1-23(31)9-7-15-14(11-23)3-4-17-16(15)8-10-24(2)18(17)5-6-19(24)21(29)13-28-12-20(22(25)30)26-27-28/h12,14-19,22,30-31H,3-11,13,25H2,1-2H3/t14-,15+,16-,17-,18+,19-,22?,23-,24+/m1/s1. The summed E-state index contributed by atoms with van der Waals surface area (Å²) in [4.78, 5) is 13.3. The van der Waals surface area contributed by atoms with Crippen molar-refractivity contribution in [2.24, 2.45) is 46.7 Å². The van der Waals surface area contributed by atoms with E-state index in [4.69, 9.17) is 5.73 Å².